The van der Waals surface area contributed by atoms with E-state index in [1.54, 1.807) is 0 Å². The van der Waals surface area contributed by atoms with E-state index in [1.165, 1.54) is 38.5 Å². The lowest BCUT2D eigenvalue weighted by Crippen LogP contribution is -2.41. The van der Waals surface area contributed by atoms with Crippen LogP contribution in [0.2, 0.25) is 0 Å². The van der Waals surface area contributed by atoms with Gasteiger partial charge in [0.1, 0.15) is 0 Å². The second-order valence-electron chi connectivity index (χ2n) is 4.90. The monoisotopic (exact) mass is 240 g/mol. The second kappa shape index (κ2) is 5.62. The van der Waals surface area contributed by atoms with Crippen LogP contribution in [-0.2, 0) is 4.79 Å². The van der Waals surface area contributed by atoms with E-state index in [1.807, 2.05) is 0 Å². The molecule has 0 spiro atoms. The minimum atomic E-state index is 0.115. The predicted octanol–water partition coefficient (Wildman–Crippen LogP) is 2.06. The normalized spacial score (nSPS) is 21.4. The van der Waals surface area contributed by atoms with Gasteiger partial charge in [-0.05, 0) is 43.8 Å². The first-order valence-electron chi connectivity index (χ1n) is 6.34. The SMILES string of the molecule is O=C(CC1CCCC1)NC(=S)N1CCCC1. The molecule has 1 heterocycles. The molecule has 2 aliphatic rings. The lowest BCUT2D eigenvalue weighted by molar-refractivity contribution is -0.120. The Kier molecular flexibility index (Phi) is 4.16. The van der Waals surface area contributed by atoms with Crippen molar-refractivity contribution in [3.63, 3.8) is 0 Å². The van der Waals surface area contributed by atoms with E-state index in [0.717, 1.165) is 13.1 Å². The highest BCUT2D eigenvalue weighted by atomic mass is 32.1. The molecule has 1 N–H and O–H groups in total. The minimum Gasteiger partial charge on any atom is -0.349 e. The van der Waals surface area contributed by atoms with Gasteiger partial charge in [-0.25, -0.2) is 0 Å². The molecule has 0 radical (unpaired) electrons. The van der Waals surface area contributed by atoms with Crippen LogP contribution >= 0.6 is 12.2 Å². The number of thiocarbonyl (C=S) groups is 1. The topological polar surface area (TPSA) is 32.3 Å². The first-order chi connectivity index (χ1) is 7.75. The van der Waals surface area contributed by atoms with Crippen molar-refractivity contribution in [2.45, 2.75) is 44.9 Å². The van der Waals surface area contributed by atoms with Crippen molar-refractivity contribution >= 4 is 23.2 Å². The van der Waals surface area contributed by atoms with E-state index in [4.69, 9.17) is 12.2 Å². The van der Waals surface area contributed by atoms with Gasteiger partial charge in [0, 0.05) is 19.5 Å². The lowest BCUT2D eigenvalue weighted by atomic mass is 10.0. The summed E-state index contributed by atoms with van der Waals surface area (Å²) in [5.74, 6) is 0.713. The maximum absolute atomic E-state index is 11.7. The van der Waals surface area contributed by atoms with E-state index in [0.29, 0.717) is 17.5 Å². The highest BCUT2D eigenvalue weighted by Gasteiger charge is 2.21. The average Bonchev–Trinajstić information content (AvgIpc) is 2.88. The Labute approximate surface area is 103 Å². The summed E-state index contributed by atoms with van der Waals surface area (Å²) in [6, 6.07) is 0. The molecular formula is C12H20N2OS. The smallest absolute Gasteiger partial charge is 0.226 e. The van der Waals surface area contributed by atoms with E-state index >= 15 is 0 Å². The van der Waals surface area contributed by atoms with E-state index in [-0.39, 0.29) is 5.91 Å². The molecule has 0 atom stereocenters. The van der Waals surface area contributed by atoms with Crippen molar-refractivity contribution in [1.29, 1.82) is 0 Å². The molecule has 1 saturated carbocycles. The first-order valence-corrected chi connectivity index (χ1v) is 6.75. The summed E-state index contributed by atoms with van der Waals surface area (Å²) in [4.78, 5) is 13.8. The maximum Gasteiger partial charge on any atom is 0.226 e. The first kappa shape index (κ1) is 11.8. The molecule has 0 aromatic heterocycles. The van der Waals surface area contributed by atoms with Crippen LogP contribution in [0.15, 0.2) is 0 Å². The van der Waals surface area contributed by atoms with Gasteiger partial charge in [0.2, 0.25) is 5.91 Å². The Hall–Kier alpha value is -0.640. The third kappa shape index (κ3) is 3.17. The lowest BCUT2D eigenvalue weighted by Gasteiger charge is -2.19. The fraction of sp³-hybridized carbons (Fsp3) is 0.833. The van der Waals surface area contributed by atoms with Crippen molar-refractivity contribution < 1.29 is 4.79 Å². The number of carbonyl (C=O) groups is 1. The van der Waals surface area contributed by atoms with Crippen LogP contribution in [0.25, 0.3) is 0 Å². The molecule has 2 rings (SSSR count). The number of likely N-dealkylation sites (tertiary alicyclic amines) is 1. The molecule has 2 fully saturated rings. The van der Waals surface area contributed by atoms with Crippen molar-refractivity contribution in [2.24, 2.45) is 5.92 Å². The summed E-state index contributed by atoms with van der Waals surface area (Å²) in [6.45, 7) is 2.01. The van der Waals surface area contributed by atoms with Crippen LogP contribution in [0.3, 0.4) is 0 Å². The van der Waals surface area contributed by atoms with Crippen molar-refractivity contribution in [3.05, 3.63) is 0 Å². The zero-order chi connectivity index (χ0) is 11.4. The molecule has 1 amide bonds. The Bertz CT molecular complexity index is 268. The van der Waals surface area contributed by atoms with Gasteiger partial charge in [0.25, 0.3) is 0 Å². The number of hydrogen-bond donors (Lipinski definition) is 1. The number of amides is 1. The van der Waals surface area contributed by atoms with Crippen LogP contribution in [0, 0.1) is 5.92 Å². The molecule has 0 unspecified atom stereocenters. The molecule has 0 aromatic rings. The van der Waals surface area contributed by atoms with Crippen molar-refractivity contribution in [3.8, 4) is 0 Å². The van der Waals surface area contributed by atoms with Gasteiger partial charge in [-0.1, -0.05) is 12.8 Å². The van der Waals surface area contributed by atoms with Gasteiger partial charge in [-0.2, -0.15) is 0 Å². The predicted molar refractivity (Wildman–Crippen MR) is 68.1 cm³/mol. The molecule has 3 nitrogen and oxygen atoms in total. The fourth-order valence-electron chi connectivity index (χ4n) is 2.65. The van der Waals surface area contributed by atoms with Gasteiger partial charge in [-0.3, -0.25) is 4.79 Å². The molecule has 1 saturated heterocycles. The Balaban J connectivity index is 1.71. The molecule has 16 heavy (non-hydrogen) atoms. The van der Waals surface area contributed by atoms with Crippen LogP contribution in [0.5, 0.6) is 0 Å². The van der Waals surface area contributed by atoms with Crippen molar-refractivity contribution in [2.75, 3.05) is 13.1 Å². The maximum atomic E-state index is 11.7. The zero-order valence-corrected chi connectivity index (χ0v) is 10.5. The highest BCUT2D eigenvalue weighted by molar-refractivity contribution is 7.80. The molecule has 1 aliphatic carbocycles. The van der Waals surface area contributed by atoms with E-state index < -0.39 is 0 Å². The summed E-state index contributed by atoms with van der Waals surface area (Å²) in [5, 5.41) is 3.51. The summed E-state index contributed by atoms with van der Waals surface area (Å²) < 4.78 is 0. The third-order valence-electron chi connectivity index (χ3n) is 3.59. The van der Waals surface area contributed by atoms with E-state index in [9.17, 15) is 4.79 Å². The molecule has 0 aromatic carbocycles. The van der Waals surface area contributed by atoms with Crippen LogP contribution in [0.4, 0.5) is 0 Å². The Morgan fingerprint density at radius 3 is 2.44 bits per heavy atom. The van der Waals surface area contributed by atoms with Gasteiger partial charge in [0.15, 0.2) is 5.11 Å². The van der Waals surface area contributed by atoms with Gasteiger partial charge >= 0.3 is 0 Å². The molecule has 0 bridgehead atoms. The number of nitrogens with zero attached hydrogens (tertiary/aromatic N) is 1. The van der Waals surface area contributed by atoms with Crippen LogP contribution in [-0.4, -0.2) is 29.0 Å². The standard InChI is InChI=1S/C12H20N2OS/c15-11(9-10-5-1-2-6-10)13-12(16)14-7-3-4-8-14/h10H,1-9H2,(H,13,15,16). The molecule has 1 aliphatic heterocycles. The number of rotatable bonds is 2. The third-order valence-corrected chi connectivity index (χ3v) is 3.95. The van der Waals surface area contributed by atoms with Gasteiger partial charge in [-0.15, -0.1) is 0 Å². The summed E-state index contributed by atoms with van der Waals surface area (Å²) >= 11 is 5.22. The van der Waals surface area contributed by atoms with Gasteiger partial charge in [0.05, 0.1) is 0 Å². The minimum absolute atomic E-state index is 0.115. The number of nitrogens with one attached hydrogen (secondary N) is 1. The fourth-order valence-corrected chi connectivity index (χ4v) is 2.94. The number of carbonyl (C=O) groups excluding carboxylic acids is 1. The molecule has 4 heteroatoms. The average molecular weight is 240 g/mol. The summed E-state index contributed by atoms with van der Waals surface area (Å²) in [6.07, 6.45) is 8.04. The largest absolute Gasteiger partial charge is 0.349 e. The molecular weight excluding hydrogens is 220 g/mol. The van der Waals surface area contributed by atoms with Crippen molar-refractivity contribution in [1.82, 2.24) is 10.2 Å². The quantitative estimate of drug-likeness (QED) is 0.750. The van der Waals surface area contributed by atoms with E-state index in [2.05, 4.69) is 10.2 Å². The Morgan fingerprint density at radius 2 is 1.81 bits per heavy atom. The summed E-state index contributed by atoms with van der Waals surface area (Å²) in [5.41, 5.74) is 0. The second-order valence-corrected chi connectivity index (χ2v) is 5.29. The number of hydrogen-bond acceptors (Lipinski definition) is 2. The van der Waals surface area contributed by atoms with Crippen LogP contribution < -0.4 is 5.32 Å². The highest BCUT2D eigenvalue weighted by Crippen LogP contribution is 2.27. The molecule has 90 valence electrons. The Morgan fingerprint density at radius 1 is 1.19 bits per heavy atom. The van der Waals surface area contributed by atoms with Gasteiger partial charge < -0.3 is 10.2 Å². The van der Waals surface area contributed by atoms with Crippen LogP contribution in [0.1, 0.15) is 44.9 Å². The zero-order valence-electron chi connectivity index (χ0n) is 9.71. The summed E-state index contributed by atoms with van der Waals surface area (Å²) in [7, 11) is 0.